The molecule has 1 heterocycles. The largest absolute Gasteiger partial charge is 0.493 e. The predicted octanol–water partition coefficient (Wildman–Crippen LogP) is 2.33. The molecule has 0 fully saturated rings. The number of carbonyl (C=O) groups is 1. The van der Waals surface area contributed by atoms with Crippen molar-refractivity contribution in [3.8, 4) is 11.5 Å². The van der Waals surface area contributed by atoms with Crippen LogP contribution in [0.15, 0.2) is 17.1 Å². The molecule has 0 aromatic heterocycles. The summed E-state index contributed by atoms with van der Waals surface area (Å²) in [6, 6.07) is 3.78. The van der Waals surface area contributed by atoms with Crippen LogP contribution >= 0.6 is 11.8 Å². The van der Waals surface area contributed by atoms with Crippen molar-refractivity contribution in [3.05, 3.63) is 23.3 Å². The molecule has 0 saturated heterocycles. The van der Waals surface area contributed by atoms with Gasteiger partial charge in [0.1, 0.15) is 5.71 Å². The summed E-state index contributed by atoms with van der Waals surface area (Å²) in [6.45, 7) is 2.61. The summed E-state index contributed by atoms with van der Waals surface area (Å²) >= 11 is 1.28. The maximum atomic E-state index is 12.1. The van der Waals surface area contributed by atoms with Crippen molar-refractivity contribution in [1.29, 1.82) is 0 Å². The second kappa shape index (κ2) is 6.10. The van der Waals surface area contributed by atoms with E-state index in [-0.39, 0.29) is 5.12 Å². The number of benzene rings is 1. The van der Waals surface area contributed by atoms with Crippen LogP contribution in [0.3, 0.4) is 0 Å². The predicted molar refractivity (Wildman–Crippen MR) is 77.8 cm³/mol. The first kappa shape index (κ1) is 13.9. The lowest BCUT2D eigenvalue weighted by molar-refractivity contribution is -0.105. The fourth-order valence-corrected chi connectivity index (χ4v) is 2.67. The lowest BCUT2D eigenvalue weighted by Crippen LogP contribution is -2.20. The van der Waals surface area contributed by atoms with E-state index in [2.05, 4.69) is 4.99 Å². The van der Waals surface area contributed by atoms with Crippen molar-refractivity contribution in [1.82, 2.24) is 0 Å². The number of ether oxygens (including phenoxy) is 2. The van der Waals surface area contributed by atoms with E-state index in [0.29, 0.717) is 23.8 Å². The average molecular weight is 279 g/mol. The SMILES string of the molecule is CCSC(=O)C1=NCCc2cc(OC)c(OC)cc21. The van der Waals surface area contributed by atoms with Gasteiger partial charge in [0.15, 0.2) is 11.5 Å². The summed E-state index contributed by atoms with van der Waals surface area (Å²) in [6.07, 6.45) is 0.823. The Bertz CT molecular complexity index is 526. The van der Waals surface area contributed by atoms with Gasteiger partial charge in [-0.05, 0) is 29.9 Å². The molecule has 102 valence electrons. The minimum atomic E-state index is 0.0238. The van der Waals surface area contributed by atoms with E-state index in [1.807, 2.05) is 19.1 Å². The van der Waals surface area contributed by atoms with Gasteiger partial charge in [-0.15, -0.1) is 0 Å². The first-order chi connectivity index (χ1) is 9.21. The molecule has 5 heteroatoms. The molecule has 0 radical (unpaired) electrons. The number of methoxy groups -OCH3 is 2. The third-order valence-electron chi connectivity index (χ3n) is 2.98. The Kier molecular flexibility index (Phi) is 4.47. The summed E-state index contributed by atoms with van der Waals surface area (Å²) in [5.41, 5.74) is 2.51. The lowest BCUT2D eigenvalue weighted by Gasteiger charge is -2.18. The van der Waals surface area contributed by atoms with Crippen molar-refractivity contribution >= 4 is 22.6 Å². The summed E-state index contributed by atoms with van der Waals surface area (Å²) in [4.78, 5) is 16.4. The van der Waals surface area contributed by atoms with Gasteiger partial charge >= 0.3 is 0 Å². The van der Waals surface area contributed by atoms with Gasteiger partial charge in [-0.2, -0.15) is 0 Å². The lowest BCUT2D eigenvalue weighted by atomic mass is 9.97. The summed E-state index contributed by atoms with van der Waals surface area (Å²) in [5.74, 6) is 2.07. The fraction of sp³-hybridized carbons (Fsp3) is 0.429. The molecule has 0 unspecified atom stereocenters. The van der Waals surface area contributed by atoms with E-state index in [4.69, 9.17) is 9.47 Å². The molecule has 0 atom stereocenters. The van der Waals surface area contributed by atoms with Crippen LogP contribution in [0, 0.1) is 0 Å². The second-order valence-corrected chi connectivity index (χ2v) is 5.30. The van der Waals surface area contributed by atoms with Crippen molar-refractivity contribution in [2.24, 2.45) is 4.99 Å². The van der Waals surface area contributed by atoms with E-state index in [0.717, 1.165) is 23.3 Å². The van der Waals surface area contributed by atoms with Crippen LogP contribution in [0.5, 0.6) is 11.5 Å². The van der Waals surface area contributed by atoms with Gasteiger partial charge in [-0.1, -0.05) is 18.7 Å². The highest BCUT2D eigenvalue weighted by Gasteiger charge is 2.23. The van der Waals surface area contributed by atoms with Crippen LogP contribution in [0.1, 0.15) is 18.1 Å². The normalized spacial score (nSPS) is 13.5. The standard InChI is InChI=1S/C14H17NO3S/c1-4-19-14(16)13-10-8-12(18-3)11(17-2)7-9(10)5-6-15-13/h7-8H,4-6H2,1-3H3. The summed E-state index contributed by atoms with van der Waals surface area (Å²) in [5, 5.41) is 0.0238. The van der Waals surface area contributed by atoms with E-state index < -0.39 is 0 Å². The van der Waals surface area contributed by atoms with E-state index in [1.54, 1.807) is 14.2 Å². The van der Waals surface area contributed by atoms with E-state index in [1.165, 1.54) is 11.8 Å². The van der Waals surface area contributed by atoms with Gasteiger partial charge in [0.05, 0.1) is 14.2 Å². The maximum Gasteiger partial charge on any atom is 0.237 e. The molecule has 1 aromatic carbocycles. The van der Waals surface area contributed by atoms with E-state index >= 15 is 0 Å². The Morgan fingerprint density at radius 2 is 2.00 bits per heavy atom. The summed E-state index contributed by atoms with van der Waals surface area (Å²) in [7, 11) is 3.20. The zero-order chi connectivity index (χ0) is 13.8. The molecule has 4 nitrogen and oxygen atoms in total. The highest BCUT2D eigenvalue weighted by Crippen LogP contribution is 2.33. The number of hydrogen-bond acceptors (Lipinski definition) is 5. The van der Waals surface area contributed by atoms with Gasteiger partial charge in [-0.3, -0.25) is 9.79 Å². The van der Waals surface area contributed by atoms with Crippen LogP contribution in [0.25, 0.3) is 0 Å². The van der Waals surface area contributed by atoms with E-state index in [9.17, 15) is 4.79 Å². The Morgan fingerprint density at radius 3 is 2.63 bits per heavy atom. The Morgan fingerprint density at radius 1 is 1.32 bits per heavy atom. The molecule has 1 aliphatic rings. The molecule has 0 N–H and O–H groups in total. The minimum absolute atomic E-state index is 0.0238. The van der Waals surface area contributed by atoms with Crippen molar-refractivity contribution < 1.29 is 14.3 Å². The molecular formula is C14H17NO3S. The van der Waals surface area contributed by atoms with Crippen molar-refractivity contribution in [2.75, 3.05) is 26.5 Å². The molecule has 1 aromatic rings. The smallest absolute Gasteiger partial charge is 0.237 e. The topological polar surface area (TPSA) is 47.9 Å². The third kappa shape index (κ3) is 2.76. The number of carbonyl (C=O) groups excluding carboxylic acids is 1. The van der Waals surface area contributed by atoms with Crippen LogP contribution in [-0.4, -0.2) is 37.3 Å². The zero-order valence-corrected chi connectivity index (χ0v) is 12.2. The maximum absolute atomic E-state index is 12.1. The van der Waals surface area contributed by atoms with Gasteiger partial charge in [0, 0.05) is 12.1 Å². The second-order valence-electron chi connectivity index (χ2n) is 4.07. The van der Waals surface area contributed by atoms with Gasteiger partial charge in [0.2, 0.25) is 5.12 Å². The van der Waals surface area contributed by atoms with Gasteiger partial charge in [0.25, 0.3) is 0 Å². The molecule has 0 spiro atoms. The molecule has 0 amide bonds. The Hall–Kier alpha value is -1.49. The molecule has 1 aliphatic heterocycles. The number of fused-ring (bicyclic) bond motifs is 1. The molecular weight excluding hydrogens is 262 g/mol. The van der Waals surface area contributed by atoms with Crippen molar-refractivity contribution in [3.63, 3.8) is 0 Å². The van der Waals surface area contributed by atoms with Crippen LogP contribution in [0.4, 0.5) is 0 Å². The number of aliphatic imine (C=N–C) groups is 1. The fourth-order valence-electron chi connectivity index (χ4n) is 2.10. The first-order valence-corrected chi connectivity index (χ1v) is 7.16. The van der Waals surface area contributed by atoms with Gasteiger partial charge < -0.3 is 9.47 Å². The summed E-state index contributed by atoms with van der Waals surface area (Å²) < 4.78 is 10.6. The third-order valence-corrected chi connectivity index (χ3v) is 3.73. The Labute approximate surface area is 117 Å². The highest BCUT2D eigenvalue weighted by molar-refractivity contribution is 8.15. The molecule has 0 aliphatic carbocycles. The molecule has 0 saturated carbocycles. The number of nitrogens with zero attached hydrogens (tertiary/aromatic N) is 1. The number of rotatable bonds is 4. The Balaban J connectivity index is 2.45. The van der Waals surface area contributed by atoms with Crippen LogP contribution in [-0.2, 0) is 11.2 Å². The number of hydrogen-bond donors (Lipinski definition) is 0. The molecule has 19 heavy (non-hydrogen) atoms. The average Bonchev–Trinajstić information content (AvgIpc) is 2.45. The molecule has 0 bridgehead atoms. The highest BCUT2D eigenvalue weighted by atomic mass is 32.2. The quantitative estimate of drug-likeness (QED) is 0.848. The van der Waals surface area contributed by atoms with Crippen molar-refractivity contribution in [2.45, 2.75) is 13.3 Å². The van der Waals surface area contributed by atoms with Crippen LogP contribution < -0.4 is 9.47 Å². The van der Waals surface area contributed by atoms with Gasteiger partial charge in [-0.25, -0.2) is 0 Å². The first-order valence-electron chi connectivity index (χ1n) is 6.18. The minimum Gasteiger partial charge on any atom is -0.493 e. The number of thioether (sulfide) groups is 1. The monoisotopic (exact) mass is 279 g/mol. The zero-order valence-electron chi connectivity index (χ0n) is 11.4. The van der Waals surface area contributed by atoms with Crippen LogP contribution in [0.2, 0.25) is 0 Å². The molecule has 2 rings (SSSR count).